The summed E-state index contributed by atoms with van der Waals surface area (Å²) in [7, 11) is 2.73. The highest BCUT2D eigenvalue weighted by Gasteiger charge is 2.38. The van der Waals surface area contributed by atoms with Crippen LogP contribution in [-0.2, 0) is 14.3 Å². The number of amides is 1. The first-order chi connectivity index (χ1) is 13.5. The molecule has 7 nitrogen and oxygen atoms in total. The molecular formula is C20H18N2O5S. The molecule has 2 aromatic rings. The SMILES string of the molecule is COC(=O)C1C(=O)c2ccccc2N=C1SCC(=O)Nc1ccccc1OC. The van der Waals surface area contributed by atoms with Crippen LogP contribution in [0.15, 0.2) is 53.5 Å². The quantitative estimate of drug-likeness (QED) is 0.614. The first-order valence-corrected chi connectivity index (χ1v) is 9.39. The van der Waals surface area contributed by atoms with Crippen molar-refractivity contribution < 1.29 is 23.9 Å². The standard InChI is InChI=1S/C20H18N2O5S/c1-26-15-10-6-5-9-14(15)21-16(23)11-28-19-17(20(25)27-2)18(24)12-7-3-4-8-13(12)22-19/h3-10,17H,11H2,1-2H3,(H,21,23). The van der Waals surface area contributed by atoms with Crippen LogP contribution >= 0.6 is 11.8 Å². The Morgan fingerprint density at radius 3 is 2.57 bits per heavy atom. The van der Waals surface area contributed by atoms with Gasteiger partial charge in [0, 0.05) is 5.56 Å². The largest absolute Gasteiger partial charge is 0.495 e. The van der Waals surface area contributed by atoms with Gasteiger partial charge in [0.05, 0.1) is 36.4 Å². The summed E-state index contributed by atoms with van der Waals surface area (Å²) in [6.45, 7) is 0. The minimum absolute atomic E-state index is 0.0280. The van der Waals surface area contributed by atoms with Crippen LogP contribution in [0.1, 0.15) is 10.4 Å². The van der Waals surface area contributed by atoms with Gasteiger partial charge in [0.25, 0.3) is 0 Å². The van der Waals surface area contributed by atoms with E-state index in [-0.39, 0.29) is 22.5 Å². The van der Waals surface area contributed by atoms with Gasteiger partial charge in [0.15, 0.2) is 11.7 Å². The molecule has 1 unspecified atom stereocenters. The van der Waals surface area contributed by atoms with Crippen molar-refractivity contribution in [3.63, 3.8) is 0 Å². The second kappa shape index (κ2) is 8.71. The molecule has 0 aromatic heterocycles. The molecule has 0 radical (unpaired) electrons. The summed E-state index contributed by atoms with van der Waals surface area (Å²) in [6.07, 6.45) is 0. The average molecular weight is 398 g/mol. The molecule has 1 amide bonds. The van der Waals surface area contributed by atoms with E-state index in [1.807, 2.05) is 0 Å². The second-order valence-electron chi connectivity index (χ2n) is 5.82. The topological polar surface area (TPSA) is 94.1 Å². The molecule has 1 aliphatic heterocycles. The number of hydrogen-bond acceptors (Lipinski definition) is 7. The Bertz CT molecular complexity index is 957. The minimum Gasteiger partial charge on any atom is -0.495 e. The van der Waals surface area contributed by atoms with Crippen LogP contribution in [0.5, 0.6) is 5.75 Å². The Balaban J connectivity index is 1.77. The highest BCUT2D eigenvalue weighted by atomic mass is 32.2. The zero-order valence-electron chi connectivity index (χ0n) is 15.3. The Hall–Kier alpha value is -3.13. The molecule has 0 fully saturated rings. The number of para-hydroxylation sites is 3. The summed E-state index contributed by atoms with van der Waals surface area (Å²) < 4.78 is 9.97. The molecule has 8 heteroatoms. The van der Waals surface area contributed by atoms with Crippen LogP contribution in [0, 0.1) is 5.92 Å². The number of nitrogens with one attached hydrogen (secondary N) is 1. The van der Waals surface area contributed by atoms with Crippen LogP contribution < -0.4 is 10.1 Å². The average Bonchev–Trinajstić information content (AvgIpc) is 2.72. The molecule has 28 heavy (non-hydrogen) atoms. The summed E-state index contributed by atoms with van der Waals surface area (Å²) in [4.78, 5) is 41.7. The van der Waals surface area contributed by atoms with Gasteiger partial charge < -0.3 is 14.8 Å². The maximum Gasteiger partial charge on any atom is 0.323 e. The summed E-state index contributed by atoms with van der Waals surface area (Å²) in [5.74, 6) is -2.05. The van der Waals surface area contributed by atoms with Crippen molar-refractivity contribution in [2.45, 2.75) is 0 Å². The highest BCUT2D eigenvalue weighted by Crippen LogP contribution is 2.33. The Morgan fingerprint density at radius 1 is 1.11 bits per heavy atom. The predicted octanol–water partition coefficient (Wildman–Crippen LogP) is 3.08. The molecule has 1 atom stereocenters. The van der Waals surface area contributed by atoms with Crippen molar-refractivity contribution in [2.24, 2.45) is 10.9 Å². The molecule has 144 valence electrons. The van der Waals surface area contributed by atoms with Gasteiger partial charge in [-0.15, -0.1) is 0 Å². The van der Waals surface area contributed by atoms with Crippen LogP contribution in [0.3, 0.4) is 0 Å². The lowest BCUT2D eigenvalue weighted by Crippen LogP contribution is -2.34. The number of anilines is 1. The molecule has 1 aliphatic rings. The molecule has 0 aliphatic carbocycles. The second-order valence-corrected chi connectivity index (χ2v) is 6.82. The van der Waals surface area contributed by atoms with E-state index in [9.17, 15) is 14.4 Å². The van der Waals surface area contributed by atoms with Gasteiger partial charge >= 0.3 is 5.97 Å². The number of esters is 1. The van der Waals surface area contributed by atoms with Crippen molar-refractivity contribution in [2.75, 3.05) is 25.3 Å². The first-order valence-electron chi connectivity index (χ1n) is 8.40. The third-order valence-corrected chi connectivity index (χ3v) is 5.11. The van der Waals surface area contributed by atoms with Gasteiger partial charge in [0.2, 0.25) is 5.91 Å². The fourth-order valence-corrected chi connectivity index (χ4v) is 3.63. The fraction of sp³-hybridized carbons (Fsp3) is 0.200. The molecule has 2 aromatic carbocycles. The summed E-state index contributed by atoms with van der Waals surface area (Å²) in [5.41, 5.74) is 1.37. The van der Waals surface area contributed by atoms with Crippen molar-refractivity contribution in [1.29, 1.82) is 0 Å². The molecule has 3 rings (SSSR count). The number of hydrogen-bond donors (Lipinski definition) is 1. The molecule has 0 spiro atoms. The van der Waals surface area contributed by atoms with Crippen LogP contribution in [-0.4, -0.2) is 42.7 Å². The number of carbonyl (C=O) groups excluding carboxylic acids is 3. The summed E-state index contributed by atoms with van der Waals surface area (Å²) in [6, 6.07) is 13.8. The van der Waals surface area contributed by atoms with Gasteiger partial charge in [-0.25, -0.2) is 4.99 Å². The summed E-state index contributed by atoms with van der Waals surface area (Å²) in [5, 5.41) is 2.99. The van der Waals surface area contributed by atoms with Gasteiger partial charge in [-0.2, -0.15) is 0 Å². The van der Waals surface area contributed by atoms with E-state index in [2.05, 4.69) is 10.3 Å². The number of ketones is 1. The normalized spacial score (nSPS) is 15.3. The maximum atomic E-state index is 12.7. The van der Waals surface area contributed by atoms with Crippen molar-refractivity contribution >= 4 is 45.8 Å². The third-order valence-electron chi connectivity index (χ3n) is 4.08. The molecule has 0 bridgehead atoms. The number of fused-ring (bicyclic) bond motifs is 1. The zero-order chi connectivity index (χ0) is 20.1. The molecule has 1 heterocycles. The number of Topliss-reactive ketones (excluding diaryl/α,β-unsaturated/α-hetero) is 1. The van der Waals surface area contributed by atoms with E-state index in [1.54, 1.807) is 48.5 Å². The molecule has 0 saturated carbocycles. The lowest BCUT2D eigenvalue weighted by molar-refractivity contribution is -0.141. The van der Waals surface area contributed by atoms with Gasteiger partial charge in [-0.05, 0) is 24.3 Å². The number of aliphatic imine (C=N–C) groups is 1. The third kappa shape index (κ3) is 4.07. The summed E-state index contributed by atoms with van der Waals surface area (Å²) >= 11 is 1.03. The van der Waals surface area contributed by atoms with Crippen molar-refractivity contribution in [1.82, 2.24) is 0 Å². The predicted molar refractivity (Wildman–Crippen MR) is 107 cm³/mol. The van der Waals surface area contributed by atoms with Crippen LogP contribution in [0.25, 0.3) is 0 Å². The van der Waals surface area contributed by atoms with Crippen LogP contribution in [0.4, 0.5) is 11.4 Å². The van der Waals surface area contributed by atoms with Gasteiger partial charge in [0.1, 0.15) is 5.75 Å². The fourth-order valence-electron chi connectivity index (χ4n) is 2.75. The Morgan fingerprint density at radius 2 is 1.82 bits per heavy atom. The number of thioether (sulfide) groups is 1. The number of ether oxygens (including phenoxy) is 2. The van der Waals surface area contributed by atoms with E-state index in [4.69, 9.17) is 9.47 Å². The number of carbonyl (C=O) groups is 3. The smallest absolute Gasteiger partial charge is 0.323 e. The lowest BCUT2D eigenvalue weighted by Gasteiger charge is -2.21. The van der Waals surface area contributed by atoms with E-state index in [1.165, 1.54) is 14.2 Å². The van der Waals surface area contributed by atoms with E-state index in [0.29, 0.717) is 22.7 Å². The highest BCUT2D eigenvalue weighted by molar-refractivity contribution is 8.14. The van der Waals surface area contributed by atoms with Crippen LogP contribution in [0.2, 0.25) is 0 Å². The number of methoxy groups -OCH3 is 2. The van der Waals surface area contributed by atoms with Gasteiger partial charge in [-0.3, -0.25) is 14.4 Å². The number of nitrogens with zero attached hydrogens (tertiary/aromatic N) is 1. The molecule has 1 N–H and O–H groups in total. The molecular weight excluding hydrogens is 380 g/mol. The Labute approximate surface area is 166 Å². The van der Waals surface area contributed by atoms with E-state index in [0.717, 1.165) is 11.8 Å². The van der Waals surface area contributed by atoms with Crippen molar-refractivity contribution in [3.8, 4) is 5.75 Å². The minimum atomic E-state index is -1.16. The van der Waals surface area contributed by atoms with Gasteiger partial charge in [-0.1, -0.05) is 36.0 Å². The van der Waals surface area contributed by atoms with E-state index < -0.39 is 11.9 Å². The number of benzene rings is 2. The lowest BCUT2D eigenvalue weighted by atomic mass is 9.94. The first kappa shape index (κ1) is 19.6. The van der Waals surface area contributed by atoms with E-state index >= 15 is 0 Å². The monoisotopic (exact) mass is 398 g/mol. The van der Waals surface area contributed by atoms with Crippen molar-refractivity contribution in [3.05, 3.63) is 54.1 Å². The Kier molecular flexibility index (Phi) is 6.10. The number of rotatable bonds is 5. The maximum absolute atomic E-state index is 12.7. The zero-order valence-corrected chi connectivity index (χ0v) is 16.1. The molecule has 0 saturated heterocycles.